The topological polar surface area (TPSA) is 65.7 Å². The highest BCUT2D eigenvalue weighted by molar-refractivity contribution is 9.10. The van der Waals surface area contributed by atoms with Crippen LogP contribution in [0.5, 0.6) is 11.5 Å². The van der Waals surface area contributed by atoms with Crippen molar-refractivity contribution < 1.29 is 18.7 Å². The number of esters is 1. The van der Waals surface area contributed by atoms with Crippen LogP contribution >= 0.6 is 15.9 Å². The SMILES string of the molecule is COc1ccc(Br)cc1C(=O)Oc1cc(=O)oc2ccccc12. The zero-order valence-corrected chi connectivity index (χ0v) is 13.6. The molecule has 0 aliphatic rings. The third kappa shape index (κ3) is 3.12. The molecule has 0 fully saturated rings. The van der Waals surface area contributed by atoms with E-state index < -0.39 is 11.6 Å². The van der Waals surface area contributed by atoms with Crippen molar-refractivity contribution in [2.45, 2.75) is 0 Å². The Labute approximate surface area is 139 Å². The third-order valence-corrected chi connectivity index (χ3v) is 3.69. The average molecular weight is 375 g/mol. The van der Waals surface area contributed by atoms with Crippen molar-refractivity contribution in [3.05, 3.63) is 69.0 Å². The number of ether oxygens (including phenoxy) is 2. The highest BCUT2D eigenvalue weighted by atomic mass is 79.9. The van der Waals surface area contributed by atoms with Crippen LogP contribution in [0.4, 0.5) is 0 Å². The van der Waals surface area contributed by atoms with Gasteiger partial charge in [-0.15, -0.1) is 0 Å². The summed E-state index contributed by atoms with van der Waals surface area (Å²) in [5.74, 6) is -0.103. The van der Waals surface area contributed by atoms with E-state index in [0.717, 1.165) is 6.07 Å². The summed E-state index contributed by atoms with van der Waals surface area (Å²) < 4.78 is 16.3. The van der Waals surface area contributed by atoms with Gasteiger partial charge in [0, 0.05) is 4.47 Å². The van der Waals surface area contributed by atoms with Crippen LogP contribution in [0.1, 0.15) is 10.4 Å². The minimum atomic E-state index is -0.626. The number of methoxy groups -OCH3 is 1. The van der Waals surface area contributed by atoms with E-state index in [2.05, 4.69) is 15.9 Å². The number of carbonyl (C=O) groups excluding carboxylic acids is 1. The first kappa shape index (κ1) is 15.3. The fourth-order valence-corrected chi connectivity index (χ4v) is 2.52. The van der Waals surface area contributed by atoms with Crippen LogP contribution in [0.25, 0.3) is 11.0 Å². The Morgan fingerprint density at radius 1 is 1.09 bits per heavy atom. The van der Waals surface area contributed by atoms with Gasteiger partial charge in [-0.05, 0) is 30.3 Å². The van der Waals surface area contributed by atoms with Gasteiger partial charge in [-0.2, -0.15) is 0 Å². The quantitative estimate of drug-likeness (QED) is 0.515. The molecule has 2 aromatic carbocycles. The Balaban J connectivity index is 2.04. The standard InChI is InChI=1S/C17H11BrO5/c1-21-13-7-6-10(18)8-12(13)17(20)23-15-9-16(19)22-14-5-3-2-4-11(14)15/h2-9H,1H3. The number of rotatable bonds is 3. The number of para-hydroxylation sites is 1. The van der Waals surface area contributed by atoms with Gasteiger partial charge in [-0.3, -0.25) is 0 Å². The summed E-state index contributed by atoms with van der Waals surface area (Å²) in [5, 5.41) is 0.536. The lowest BCUT2D eigenvalue weighted by atomic mass is 10.2. The maximum Gasteiger partial charge on any atom is 0.347 e. The van der Waals surface area contributed by atoms with Crippen LogP contribution in [0.2, 0.25) is 0 Å². The molecular weight excluding hydrogens is 364 g/mol. The molecule has 0 amide bonds. The summed E-state index contributed by atoms with van der Waals surface area (Å²) in [6.07, 6.45) is 0. The molecule has 0 unspecified atom stereocenters. The second kappa shape index (κ2) is 6.26. The summed E-state index contributed by atoms with van der Waals surface area (Å²) in [7, 11) is 1.46. The molecule has 1 heterocycles. The van der Waals surface area contributed by atoms with Gasteiger partial charge in [0.05, 0.1) is 18.6 Å². The van der Waals surface area contributed by atoms with Crippen molar-refractivity contribution in [2.24, 2.45) is 0 Å². The molecule has 6 heteroatoms. The minimum absolute atomic E-state index is 0.142. The molecule has 0 spiro atoms. The van der Waals surface area contributed by atoms with Crippen LogP contribution < -0.4 is 15.1 Å². The van der Waals surface area contributed by atoms with E-state index in [1.165, 1.54) is 7.11 Å². The van der Waals surface area contributed by atoms with Crippen LogP contribution in [0.3, 0.4) is 0 Å². The molecule has 0 saturated carbocycles. The highest BCUT2D eigenvalue weighted by Crippen LogP contribution is 2.27. The minimum Gasteiger partial charge on any atom is -0.496 e. The van der Waals surface area contributed by atoms with Gasteiger partial charge in [0.1, 0.15) is 22.6 Å². The zero-order chi connectivity index (χ0) is 16.4. The lowest BCUT2D eigenvalue weighted by Gasteiger charge is -2.10. The third-order valence-electron chi connectivity index (χ3n) is 3.20. The molecule has 0 N–H and O–H groups in total. The van der Waals surface area contributed by atoms with E-state index in [1.807, 2.05) is 0 Å². The van der Waals surface area contributed by atoms with Crippen molar-refractivity contribution in [3.8, 4) is 11.5 Å². The Hall–Kier alpha value is -2.60. The zero-order valence-electron chi connectivity index (χ0n) is 12.0. The van der Waals surface area contributed by atoms with Gasteiger partial charge in [0.2, 0.25) is 0 Å². The molecule has 23 heavy (non-hydrogen) atoms. The highest BCUT2D eigenvalue weighted by Gasteiger charge is 2.17. The molecule has 0 bridgehead atoms. The van der Waals surface area contributed by atoms with E-state index in [4.69, 9.17) is 13.9 Å². The van der Waals surface area contributed by atoms with Crippen molar-refractivity contribution in [2.75, 3.05) is 7.11 Å². The van der Waals surface area contributed by atoms with Crippen LogP contribution in [0.15, 0.2) is 62.2 Å². The number of benzene rings is 2. The average Bonchev–Trinajstić information content (AvgIpc) is 2.54. The number of halogens is 1. The first-order valence-corrected chi connectivity index (χ1v) is 7.46. The molecule has 116 valence electrons. The molecule has 0 saturated heterocycles. The maximum absolute atomic E-state index is 12.4. The van der Waals surface area contributed by atoms with Crippen molar-refractivity contribution >= 4 is 32.9 Å². The first-order valence-electron chi connectivity index (χ1n) is 6.67. The van der Waals surface area contributed by atoms with Gasteiger partial charge >= 0.3 is 11.6 Å². The van der Waals surface area contributed by atoms with Crippen molar-refractivity contribution in [3.63, 3.8) is 0 Å². The summed E-state index contributed by atoms with van der Waals surface area (Å²) in [4.78, 5) is 24.1. The molecule has 0 aliphatic heterocycles. The lowest BCUT2D eigenvalue weighted by molar-refractivity contribution is 0.0733. The Bertz CT molecular complexity index is 945. The van der Waals surface area contributed by atoms with Crippen LogP contribution in [-0.4, -0.2) is 13.1 Å². The number of hydrogen-bond acceptors (Lipinski definition) is 5. The van der Waals surface area contributed by atoms with E-state index in [-0.39, 0.29) is 11.3 Å². The summed E-state index contributed by atoms with van der Waals surface area (Å²) in [6, 6.07) is 13.0. The van der Waals surface area contributed by atoms with Gasteiger partial charge in [-0.1, -0.05) is 28.1 Å². The number of fused-ring (bicyclic) bond motifs is 1. The van der Waals surface area contributed by atoms with Gasteiger partial charge in [0.25, 0.3) is 0 Å². The largest absolute Gasteiger partial charge is 0.496 e. The molecule has 0 atom stereocenters. The Morgan fingerprint density at radius 3 is 2.65 bits per heavy atom. The fourth-order valence-electron chi connectivity index (χ4n) is 2.16. The van der Waals surface area contributed by atoms with E-state index >= 15 is 0 Å². The summed E-state index contributed by atoms with van der Waals surface area (Å²) >= 11 is 3.30. The van der Waals surface area contributed by atoms with E-state index in [1.54, 1.807) is 42.5 Å². The van der Waals surface area contributed by atoms with Crippen molar-refractivity contribution in [1.29, 1.82) is 0 Å². The molecule has 5 nitrogen and oxygen atoms in total. The molecular formula is C17H11BrO5. The first-order chi connectivity index (χ1) is 11.1. The second-order valence-corrected chi connectivity index (χ2v) is 5.58. The number of carbonyl (C=O) groups is 1. The molecule has 1 aromatic heterocycles. The molecule has 3 rings (SSSR count). The maximum atomic E-state index is 12.4. The summed E-state index contributed by atoms with van der Waals surface area (Å²) in [5.41, 5.74) is 0.0101. The fraction of sp³-hybridized carbons (Fsp3) is 0.0588. The second-order valence-electron chi connectivity index (χ2n) is 4.66. The lowest BCUT2D eigenvalue weighted by Crippen LogP contribution is -2.12. The van der Waals surface area contributed by atoms with E-state index in [0.29, 0.717) is 21.2 Å². The molecule has 0 aliphatic carbocycles. The smallest absolute Gasteiger partial charge is 0.347 e. The molecule has 3 aromatic rings. The van der Waals surface area contributed by atoms with Gasteiger partial charge < -0.3 is 13.9 Å². The van der Waals surface area contributed by atoms with E-state index in [9.17, 15) is 9.59 Å². The van der Waals surface area contributed by atoms with Crippen LogP contribution in [-0.2, 0) is 0 Å². The Morgan fingerprint density at radius 2 is 1.87 bits per heavy atom. The Kier molecular flexibility index (Phi) is 4.16. The monoisotopic (exact) mass is 374 g/mol. The van der Waals surface area contributed by atoms with Crippen LogP contribution in [0, 0.1) is 0 Å². The predicted molar refractivity (Wildman–Crippen MR) is 88.1 cm³/mol. The summed E-state index contributed by atoms with van der Waals surface area (Å²) in [6.45, 7) is 0. The van der Waals surface area contributed by atoms with Gasteiger partial charge in [-0.25, -0.2) is 9.59 Å². The normalized spacial score (nSPS) is 10.5. The number of hydrogen-bond donors (Lipinski definition) is 0. The molecule has 0 radical (unpaired) electrons. The predicted octanol–water partition coefficient (Wildman–Crippen LogP) is 3.78. The van der Waals surface area contributed by atoms with Gasteiger partial charge in [0.15, 0.2) is 0 Å². The van der Waals surface area contributed by atoms with Crippen molar-refractivity contribution in [1.82, 2.24) is 0 Å².